The van der Waals surface area contributed by atoms with Crippen LogP contribution in [0.2, 0.25) is 5.02 Å². The Bertz CT molecular complexity index is 900. The van der Waals surface area contributed by atoms with Crippen LogP contribution in [0, 0.1) is 5.82 Å². The van der Waals surface area contributed by atoms with E-state index in [2.05, 4.69) is 0 Å². The minimum absolute atomic E-state index is 0.326. The lowest BCUT2D eigenvalue weighted by Crippen LogP contribution is -2.34. The highest BCUT2D eigenvalue weighted by Gasteiger charge is 2.42. The van der Waals surface area contributed by atoms with Crippen LogP contribution in [-0.4, -0.2) is 29.8 Å². The molecule has 2 amide bonds. The van der Waals surface area contributed by atoms with Crippen LogP contribution in [0.4, 0.5) is 10.1 Å². The van der Waals surface area contributed by atoms with E-state index in [9.17, 15) is 14.0 Å². The molecule has 0 atom stereocenters. The van der Waals surface area contributed by atoms with E-state index in [4.69, 9.17) is 11.6 Å². The molecule has 1 fully saturated rings. The molecule has 2 aliphatic heterocycles. The molecule has 0 aromatic heterocycles. The van der Waals surface area contributed by atoms with Gasteiger partial charge in [-0.25, -0.2) is 9.29 Å². The van der Waals surface area contributed by atoms with Gasteiger partial charge in [0.1, 0.15) is 11.5 Å². The Balaban J connectivity index is 1.82. The first-order valence-electron chi connectivity index (χ1n) is 8.46. The highest BCUT2D eigenvalue weighted by atomic mass is 35.5. The average molecular weight is 371 g/mol. The predicted octanol–water partition coefficient (Wildman–Crippen LogP) is 3.86. The zero-order valence-electron chi connectivity index (χ0n) is 13.9. The predicted molar refractivity (Wildman–Crippen MR) is 98.1 cm³/mol. The number of nitrogens with zero attached hydrogens (tertiary/aromatic N) is 2. The van der Waals surface area contributed by atoms with Crippen molar-refractivity contribution < 1.29 is 14.0 Å². The molecule has 0 N–H and O–H groups in total. The Labute approximate surface area is 155 Å². The fourth-order valence-electron chi connectivity index (χ4n) is 3.45. The topological polar surface area (TPSA) is 40.6 Å². The van der Waals surface area contributed by atoms with Gasteiger partial charge < -0.3 is 4.90 Å². The van der Waals surface area contributed by atoms with E-state index >= 15 is 0 Å². The molecule has 26 heavy (non-hydrogen) atoms. The van der Waals surface area contributed by atoms with Crippen LogP contribution >= 0.6 is 11.6 Å². The molecule has 132 valence electrons. The largest absolute Gasteiger partial charge is 0.366 e. The molecule has 0 spiro atoms. The van der Waals surface area contributed by atoms with Crippen molar-refractivity contribution in [2.75, 3.05) is 18.0 Å². The third kappa shape index (κ3) is 2.78. The molecule has 0 radical (unpaired) electrons. The number of likely N-dealkylation sites (tertiary alicyclic amines) is 1. The number of anilines is 1. The van der Waals surface area contributed by atoms with Gasteiger partial charge in [-0.3, -0.25) is 9.59 Å². The number of benzene rings is 2. The summed E-state index contributed by atoms with van der Waals surface area (Å²) in [5.74, 6) is -1.13. The number of hydrogen-bond donors (Lipinski definition) is 0. The molecule has 4 nitrogen and oxygen atoms in total. The smallest absolute Gasteiger partial charge is 0.282 e. The maximum atomic E-state index is 13.3. The number of rotatable bonds is 3. The van der Waals surface area contributed by atoms with Crippen LogP contribution in [0.15, 0.2) is 54.2 Å². The number of amides is 2. The van der Waals surface area contributed by atoms with Crippen LogP contribution in [0.25, 0.3) is 5.57 Å². The van der Waals surface area contributed by atoms with Crippen molar-refractivity contribution in [3.05, 3.63) is 70.6 Å². The molecule has 2 heterocycles. The van der Waals surface area contributed by atoms with Crippen molar-refractivity contribution in [3.63, 3.8) is 0 Å². The molecular formula is C20H16ClFN2O2. The lowest BCUT2D eigenvalue weighted by molar-refractivity contribution is -0.120. The van der Waals surface area contributed by atoms with Crippen molar-refractivity contribution in [1.29, 1.82) is 0 Å². The van der Waals surface area contributed by atoms with Gasteiger partial charge in [-0.2, -0.15) is 0 Å². The summed E-state index contributed by atoms with van der Waals surface area (Å²) in [6.45, 7) is 1.46. The first kappa shape index (κ1) is 16.8. The zero-order valence-corrected chi connectivity index (χ0v) is 14.7. The standard InChI is InChI=1S/C20H16ClFN2O2/c21-14-5-9-16(10-6-14)24-19(25)17(13-3-7-15(22)8-4-13)18(20(24)26)23-11-1-2-12-23/h3-10H,1-2,11-12H2. The second-order valence-electron chi connectivity index (χ2n) is 6.35. The zero-order chi connectivity index (χ0) is 18.3. The monoisotopic (exact) mass is 370 g/mol. The SMILES string of the molecule is O=C1C(c2ccc(F)cc2)=C(N2CCCC2)C(=O)N1c1ccc(Cl)cc1. The summed E-state index contributed by atoms with van der Waals surface area (Å²) in [5, 5.41) is 0.527. The lowest BCUT2D eigenvalue weighted by atomic mass is 10.0. The van der Waals surface area contributed by atoms with Gasteiger partial charge in [-0.05, 0) is 54.8 Å². The minimum atomic E-state index is -0.397. The summed E-state index contributed by atoms with van der Waals surface area (Å²) in [5.41, 5.74) is 1.74. The second kappa shape index (κ2) is 6.57. The fourth-order valence-corrected chi connectivity index (χ4v) is 3.58. The minimum Gasteiger partial charge on any atom is -0.366 e. The van der Waals surface area contributed by atoms with E-state index in [0.29, 0.717) is 27.5 Å². The number of carbonyl (C=O) groups is 2. The molecule has 2 aromatic carbocycles. The maximum absolute atomic E-state index is 13.3. The Hall–Kier alpha value is -2.66. The first-order valence-corrected chi connectivity index (χ1v) is 8.83. The Morgan fingerprint density at radius 1 is 0.846 bits per heavy atom. The third-order valence-corrected chi connectivity index (χ3v) is 4.95. The first-order chi connectivity index (χ1) is 12.6. The van der Waals surface area contributed by atoms with Crippen LogP contribution in [-0.2, 0) is 9.59 Å². The van der Waals surface area contributed by atoms with Crippen molar-refractivity contribution >= 4 is 34.7 Å². The van der Waals surface area contributed by atoms with Crippen molar-refractivity contribution in [2.45, 2.75) is 12.8 Å². The van der Waals surface area contributed by atoms with Gasteiger partial charge in [0.25, 0.3) is 11.8 Å². The number of imide groups is 1. The Kier molecular flexibility index (Phi) is 4.24. The Morgan fingerprint density at radius 3 is 2.08 bits per heavy atom. The van der Waals surface area contributed by atoms with E-state index in [1.54, 1.807) is 24.3 Å². The molecule has 0 aliphatic carbocycles. The molecule has 0 saturated carbocycles. The van der Waals surface area contributed by atoms with E-state index in [0.717, 1.165) is 25.9 Å². The quantitative estimate of drug-likeness (QED) is 0.770. The van der Waals surface area contributed by atoms with E-state index < -0.39 is 5.91 Å². The Morgan fingerprint density at radius 2 is 1.46 bits per heavy atom. The summed E-state index contributed by atoms with van der Waals surface area (Å²) >= 11 is 5.92. The van der Waals surface area contributed by atoms with Gasteiger partial charge >= 0.3 is 0 Å². The summed E-state index contributed by atoms with van der Waals surface area (Å²) in [6, 6.07) is 12.3. The second-order valence-corrected chi connectivity index (χ2v) is 6.78. The lowest BCUT2D eigenvalue weighted by Gasteiger charge is -2.20. The van der Waals surface area contributed by atoms with Crippen LogP contribution in [0.3, 0.4) is 0 Å². The maximum Gasteiger partial charge on any atom is 0.282 e. The summed E-state index contributed by atoms with van der Waals surface area (Å²) in [4.78, 5) is 29.4. The summed E-state index contributed by atoms with van der Waals surface area (Å²) in [7, 11) is 0. The van der Waals surface area contributed by atoms with Crippen molar-refractivity contribution in [3.8, 4) is 0 Å². The molecule has 6 heteroatoms. The van der Waals surface area contributed by atoms with Crippen LogP contribution in [0.5, 0.6) is 0 Å². The van der Waals surface area contributed by atoms with Crippen molar-refractivity contribution in [2.24, 2.45) is 0 Å². The van der Waals surface area contributed by atoms with Crippen LogP contribution in [0.1, 0.15) is 18.4 Å². The van der Waals surface area contributed by atoms with E-state index in [1.165, 1.54) is 29.2 Å². The third-order valence-electron chi connectivity index (χ3n) is 4.70. The van der Waals surface area contributed by atoms with E-state index in [-0.39, 0.29) is 11.7 Å². The van der Waals surface area contributed by atoms with Gasteiger partial charge in [0.15, 0.2) is 0 Å². The van der Waals surface area contributed by atoms with Gasteiger partial charge in [0.05, 0.1) is 11.3 Å². The highest BCUT2D eigenvalue weighted by Crippen LogP contribution is 2.36. The molecule has 0 unspecified atom stereocenters. The molecular weight excluding hydrogens is 355 g/mol. The number of carbonyl (C=O) groups excluding carboxylic acids is 2. The molecule has 0 bridgehead atoms. The van der Waals surface area contributed by atoms with Gasteiger partial charge in [-0.1, -0.05) is 23.7 Å². The molecule has 2 aromatic rings. The normalized spacial score (nSPS) is 17.6. The summed E-state index contributed by atoms with van der Waals surface area (Å²) in [6.07, 6.45) is 1.95. The molecule has 1 saturated heterocycles. The average Bonchev–Trinajstić information content (AvgIpc) is 3.23. The van der Waals surface area contributed by atoms with Gasteiger partial charge in [0.2, 0.25) is 0 Å². The highest BCUT2D eigenvalue weighted by molar-refractivity contribution is 6.45. The molecule has 4 rings (SSSR count). The fraction of sp³-hybridized carbons (Fsp3) is 0.200. The van der Waals surface area contributed by atoms with E-state index in [1.807, 2.05) is 4.90 Å². The van der Waals surface area contributed by atoms with Crippen LogP contribution < -0.4 is 4.90 Å². The van der Waals surface area contributed by atoms with Gasteiger partial charge in [0, 0.05) is 18.1 Å². The molecule has 2 aliphatic rings. The number of halogens is 2. The number of hydrogen-bond acceptors (Lipinski definition) is 3. The van der Waals surface area contributed by atoms with Crippen molar-refractivity contribution in [1.82, 2.24) is 4.90 Å². The summed E-state index contributed by atoms with van der Waals surface area (Å²) < 4.78 is 13.3. The van der Waals surface area contributed by atoms with Gasteiger partial charge in [-0.15, -0.1) is 0 Å².